The number of carbonyl (C=O) groups excluding carboxylic acids is 1. The van der Waals surface area contributed by atoms with E-state index in [1.807, 2.05) is 0 Å². The summed E-state index contributed by atoms with van der Waals surface area (Å²) in [6.45, 7) is 1.43. The van der Waals surface area contributed by atoms with Gasteiger partial charge in [0.25, 0.3) is 0 Å². The highest BCUT2D eigenvalue weighted by Crippen LogP contribution is 2.35. The number of ether oxygens (including phenoxy) is 1. The zero-order valence-electron chi connectivity index (χ0n) is 15.4. The average Bonchev–Trinajstić information content (AvgIpc) is 3.46. The molecule has 4 rings (SSSR count). The highest BCUT2D eigenvalue weighted by Gasteiger charge is 2.37. The van der Waals surface area contributed by atoms with Crippen LogP contribution in [-0.4, -0.2) is 42.1 Å². The Morgan fingerprint density at radius 3 is 2.50 bits per heavy atom. The highest BCUT2D eigenvalue weighted by molar-refractivity contribution is 7.92. The van der Waals surface area contributed by atoms with Crippen LogP contribution < -0.4 is 5.32 Å². The third-order valence-corrected chi connectivity index (χ3v) is 8.25. The molecule has 1 saturated carbocycles. The molecule has 0 unspecified atom stereocenters. The number of aromatic nitrogens is 2. The predicted molar refractivity (Wildman–Crippen MR) is 106 cm³/mol. The Balaban J connectivity index is 1.55. The topological polar surface area (TPSA) is 98.2 Å². The molecule has 1 aromatic heterocycles. The Morgan fingerprint density at radius 2 is 1.89 bits per heavy atom. The van der Waals surface area contributed by atoms with E-state index in [1.54, 1.807) is 24.3 Å². The summed E-state index contributed by atoms with van der Waals surface area (Å²) in [6, 6.07) is 6.83. The van der Waals surface area contributed by atoms with E-state index < -0.39 is 9.84 Å². The van der Waals surface area contributed by atoms with Gasteiger partial charge in [0.05, 0.1) is 16.1 Å². The number of nitrogens with zero attached hydrogens (tertiary/aromatic N) is 2. The summed E-state index contributed by atoms with van der Waals surface area (Å²) in [5.74, 6) is -0.112. The lowest BCUT2D eigenvalue weighted by Crippen LogP contribution is -2.26. The van der Waals surface area contributed by atoms with Crippen molar-refractivity contribution in [3.8, 4) is 0 Å². The van der Waals surface area contributed by atoms with Gasteiger partial charge in [0.1, 0.15) is 6.33 Å². The Bertz CT molecular complexity index is 903. The Morgan fingerprint density at radius 1 is 1.18 bits per heavy atom. The number of rotatable bonds is 7. The third kappa shape index (κ3) is 4.42. The van der Waals surface area contributed by atoms with Gasteiger partial charge in [-0.1, -0.05) is 12.1 Å². The van der Waals surface area contributed by atoms with E-state index in [4.69, 9.17) is 4.74 Å². The van der Waals surface area contributed by atoms with Crippen molar-refractivity contribution in [2.45, 2.75) is 48.2 Å². The summed E-state index contributed by atoms with van der Waals surface area (Å²) >= 11 is 1.13. The van der Waals surface area contributed by atoms with Gasteiger partial charge in [0.15, 0.2) is 9.84 Å². The molecule has 1 N–H and O–H groups in total. The zero-order chi connectivity index (χ0) is 19.6. The van der Waals surface area contributed by atoms with Crippen LogP contribution in [0.3, 0.4) is 0 Å². The first kappa shape index (κ1) is 19.5. The molecule has 2 aromatic rings. The molecule has 0 spiro atoms. The summed E-state index contributed by atoms with van der Waals surface area (Å²) in [5, 5.41) is 3.07. The lowest BCUT2D eigenvalue weighted by Gasteiger charge is -2.26. The van der Waals surface area contributed by atoms with Crippen LogP contribution in [0.25, 0.3) is 0 Å². The zero-order valence-corrected chi connectivity index (χ0v) is 17.0. The molecule has 28 heavy (non-hydrogen) atoms. The molecule has 2 aliphatic rings. The number of amides is 1. The van der Waals surface area contributed by atoms with Gasteiger partial charge in [-0.3, -0.25) is 4.79 Å². The molecule has 1 atom stereocenters. The van der Waals surface area contributed by atoms with Crippen LogP contribution in [0.5, 0.6) is 0 Å². The largest absolute Gasteiger partial charge is 0.381 e. The number of anilines is 1. The van der Waals surface area contributed by atoms with Gasteiger partial charge in [-0.25, -0.2) is 13.4 Å². The van der Waals surface area contributed by atoms with Crippen molar-refractivity contribution in [1.82, 2.24) is 9.36 Å². The number of hydrogen-bond acceptors (Lipinski definition) is 7. The van der Waals surface area contributed by atoms with Crippen LogP contribution in [0.2, 0.25) is 0 Å². The molecule has 1 saturated heterocycles. The highest BCUT2D eigenvalue weighted by atomic mass is 32.2. The molecule has 0 radical (unpaired) electrons. The maximum absolute atomic E-state index is 13.0. The SMILES string of the molecule is O=C(Nc1ncns1)[C@H](CC1CCOCC1)c1ccc(S(=O)(=O)C2CC2)cc1. The van der Waals surface area contributed by atoms with Crippen molar-refractivity contribution < 1.29 is 17.9 Å². The third-order valence-electron chi connectivity index (χ3n) is 5.39. The Kier molecular flexibility index (Phi) is 5.75. The fraction of sp³-hybridized carbons (Fsp3) is 0.526. The van der Waals surface area contributed by atoms with E-state index in [-0.39, 0.29) is 17.1 Å². The number of nitrogens with one attached hydrogen (secondary N) is 1. The molecule has 7 nitrogen and oxygen atoms in total. The summed E-state index contributed by atoms with van der Waals surface area (Å²) in [5.41, 5.74) is 0.822. The van der Waals surface area contributed by atoms with E-state index in [2.05, 4.69) is 14.7 Å². The number of sulfone groups is 1. The number of hydrogen-bond donors (Lipinski definition) is 1. The Labute approximate surface area is 168 Å². The van der Waals surface area contributed by atoms with Gasteiger partial charge in [-0.05, 0) is 55.7 Å². The lowest BCUT2D eigenvalue weighted by atomic mass is 9.84. The maximum Gasteiger partial charge on any atom is 0.233 e. The molecule has 9 heteroatoms. The second kappa shape index (κ2) is 8.26. The first-order chi connectivity index (χ1) is 13.5. The van der Waals surface area contributed by atoms with Crippen LogP contribution in [0, 0.1) is 5.92 Å². The van der Waals surface area contributed by atoms with E-state index in [9.17, 15) is 13.2 Å². The minimum absolute atomic E-state index is 0.138. The van der Waals surface area contributed by atoms with E-state index in [1.165, 1.54) is 6.33 Å². The smallest absolute Gasteiger partial charge is 0.233 e. The van der Waals surface area contributed by atoms with Crippen LogP contribution in [0.15, 0.2) is 35.5 Å². The predicted octanol–water partition coefficient (Wildman–Crippen LogP) is 3.01. The average molecular weight is 422 g/mol. The molecule has 2 heterocycles. The summed E-state index contributed by atoms with van der Waals surface area (Å²) in [6.07, 6.45) is 5.43. The normalized spacial score (nSPS) is 19.3. The minimum Gasteiger partial charge on any atom is -0.381 e. The van der Waals surface area contributed by atoms with Crippen molar-refractivity contribution >= 4 is 32.4 Å². The van der Waals surface area contributed by atoms with Crippen LogP contribution in [0.4, 0.5) is 5.13 Å². The van der Waals surface area contributed by atoms with Gasteiger partial charge in [-0.2, -0.15) is 4.37 Å². The van der Waals surface area contributed by atoms with Crippen molar-refractivity contribution in [3.63, 3.8) is 0 Å². The lowest BCUT2D eigenvalue weighted by molar-refractivity contribution is -0.118. The van der Waals surface area contributed by atoms with Crippen LogP contribution in [0.1, 0.15) is 43.6 Å². The molecule has 1 aliphatic heterocycles. The molecule has 1 aliphatic carbocycles. The summed E-state index contributed by atoms with van der Waals surface area (Å²) < 4.78 is 34.2. The number of benzene rings is 1. The maximum atomic E-state index is 13.0. The van der Waals surface area contributed by atoms with Crippen LogP contribution >= 0.6 is 11.5 Å². The molecule has 2 fully saturated rings. The van der Waals surface area contributed by atoms with Crippen molar-refractivity contribution in [3.05, 3.63) is 36.2 Å². The number of carbonyl (C=O) groups is 1. The molecule has 150 valence electrons. The summed E-state index contributed by atoms with van der Waals surface area (Å²) in [7, 11) is -3.23. The van der Waals surface area contributed by atoms with Gasteiger partial charge < -0.3 is 10.1 Å². The van der Waals surface area contributed by atoms with Gasteiger partial charge in [0.2, 0.25) is 11.0 Å². The molecule has 1 aromatic carbocycles. The quantitative estimate of drug-likeness (QED) is 0.738. The second-order valence-corrected chi connectivity index (χ2v) is 10.4. The molecule has 0 bridgehead atoms. The van der Waals surface area contributed by atoms with Crippen molar-refractivity contribution in [1.29, 1.82) is 0 Å². The molecular weight excluding hydrogens is 398 g/mol. The van der Waals surface area contributed by atoms with Gasteiger partial charge in [-0.15, -0.1) is 0 Å². The summed E-state index contributed by atoms with van der Waals surface area (Å²) in [4.78, 5) is 17.3. The van der Waals surface area contributed by atoms with Crippen LogP contribution in [-0.2, 0) is 19.4 Å². The van der Waals surface area contributed by atoms with Crippen molar-refractivity contribution in [2.24, 2.45) is 5.92 Å². The van der Waals surface area contributed by atoms with E-state index in [0.29, 0.717) is 35.6 Å². The van der Waals surface area contributed by atoms with Crippen molar-refractivity contribution in [2.75, 3.05) is 18.5 Å². The van der Waals surface area contributed by atoms with E-state index >= 15 is 0 Å². The monoisotopic (exact) mass is 421 g/mol. The van der Waals surface area contributed by atoms with Gasteiger partial charge in [0, 0.05) is 24.7 Å². The van der Waals surface area contributed by atoms with E-state index in [0.717, 1.165) is 42.8 Å². The molecule has 1 amide bonds. The minimum atomic E-state index is -3.23. The van der Waals surface area contributed by atoms with Gasteiger partial charge >= 0.3 is 0 Å². The standard InChI is InChI=1S/C19H23N3O4S2/c23-18(22-19-20-12-21-27-19)17(11-13-7-9-26-10-8-13)14-1-3-15(4-2-14)28(24,25)16-5-6-16/h1-4,12-13,16-17H,5-11H2,(H,20,21,22,23)/t17-/m1/s1. The first-order valence-corrected chi connectivity index (χ1v) is 11.8. The molecular formula is C19H23N3O4S2. The second-order valence-electron chi connectivity index (χ2n) is 7.39. The Hall–Kier alpha value is -1.84. The fourth-order valence-corrected chi connectivity index (χ4v) is 5.68. The fourth-order valence-electron chi connectivity index (χ4n) is 3.59. The first-order valence-electron chi connectivity index (χ1n) is 9.53.